The van der Waals surface area contributed by atoms with Gasteiger partial charge in [-0.3, -0.25) is 0 Å². The number of nitrogens with zero attached hydrogens (tertiary/aromatic N) is 3. The zero-order chi connectivity index (χ0) is 11.2. The normalized spacial score (nSPS) is 24.5. The molecule has 2 heterocycles. The fourth-order valence-corrected chi connectivity index (χ4v) is 1.86. The molecule has 0 amide bonds. The Morgan fingerprint density at radius 3 is 2.87 bits per heavy atom. The molecule has 0 saturated heterocycles. The van der Waals surface area contributed by atoms with Crippen molar-refractivity contribution in [3.63, 3.8) is 0 Å². The van der Waals surface area contributed by atoms with Crippen molar-refractivity contribution >= 4 is 5.97 Å². The lowest BCUT2D eigenvalue weighted by Gasteiger charge is -2.14. The van der Waals surface area contributed by atoms with Gasteiger partial charge in [0.15, 0.2) is 12.0 Å². The fraction of sp³-hybridized carbons (Fsp3) is 0.667. The van der Waals surface area contributed by atoms with Gasteiger partial charge in [-0.25, -0.2) is 18.9 Å². The van der Waals surface area contributed by atoms with Gasteiger partial charge in [-0.15, -0.1) is 5.10 Å². The maximum absolute atomic E-state index is 13.5. The fourth-order valence-electron chi connectivity index (χ4n) is 1.86. The number of aromatic carboxylic acids is 1. The highest BCUT2D eigenvalue weighted by Gasteiger charge is 2.36. The molecule has 0 spiro atoms. The summed E-state index contributed by atoms with van der Waals surface area (Å²) in [5.74, 6) is -1.18. The van der Waals surface area contributed by atoms with Crippen LogP contribution in [0.3, 0.4) is 0 Å². The number of hydrogen-bond acceptors (Lipinski definition) is 3. The van der Waals surface area contributed by atoms with Crippen LogP contribution in [-0.2, 0) is 0 Å². The summed E-state index contributed by atoms with van der Waals surface area (Å²) in [7, 11) is 0. The Hall–Kier alpha value is -1.46. The number of alkyl halides is 1. The Morgan fingerprint density at radius 2 is 2.33 bits per heavy atom. The molecular weight excluding hydrogens is 201 g/mol. The van der Waals surface area contributed by atoms with E-state index in [0.717, 1.165) is 0 Å². The molecule has 82 valence electrons. The summed E-state index contributed by atoms with van der Waals surface area (Å²) in [6, 6.07) is -0.0874. The van der Waals surface area contributed by atoms with Gasteiger partial charge in [-0.05, 0) is 5.92 Å². The van der Waals surface area contributed by atoms with E-state index in [-0.39, 0.29) is 23.6 Å². The molecule has 1 aliphatic rings. The minimum Gasteiger partial charge on any atom is -0.475 e. The molecule has 1 aromatic heterocycles. The number of halogens is 1. The smallest absolute Gasteiger partial charge is 0.375 e. The third-order valence-electron chi connectivity index (χ3n) is 2.66. The van der Waals surface area contributed by atoms with E-state index < -0.39 is 12.1 Å². The van der Waals surface area contributed by atoms with Crippen LogP contribution >= 0.6 is 0 Å². The standard InChI is InChI=1S/C9H12FN3O2/c1-4(2)6-3-5(10)8-11-7(9(14)15)12-13(6)8/h4-6H,3H2,1-2H3,(H,14,15). The highest BCUT2D eigenvalue weighted by Crippen LogP contribution is 2.39. The molecule has 2 rings (SSSR count). The molecule has 15 heavy (non-hydrogen) atoms. The molecule has 0 aromatic carbocycles. The Balaban J connectivity index is 2.41. The first-order valence-corrected chi connectivity index (χ1v) is 4.84. The summed E-state index contributed by atoms with van der Waals surface area (Å²) in [6.45, 7) is 3.91. The topological polar surface area (TPSA) is 68.0 Å². The first kappa shape index (κ1) is 10.1. The van der Waals surface area contributed by atoms with E-state index in [2.05, 4.69) is 10.1 Å². The lowest BCUT2D eigenvalue weighted by atomic mass is 10.0. The van der Waals surface area contributed by atoms with E-state index in [9.17, 15) is 9.18 Å². The zero-order valence-electron chi connectivity index (χ0n) is 8.51. The average molecular weight is 213 g/mol. The Bertz CT molecular complexity index is 402. The van der Waals surface area contributed by atoms with Crippen LogP contribution in [0.1, 0.15) is 48.9 Å². The van der Waals surface area contributed by atoms with Crippen LogP contribution in [0.2, 0.25) is 0 Å². The summed E-state index contributed by atoms with van der Waals surface area (Å²) in [4.78, 5) is 14.3. The van der Waals surface area contributed by atoms with Crippen LogP contribution in [0.4, 0.5) is 4.39 Å². The second-order valence-corrected chi connectivity index (χ2v) is 4.06. The largest absolute Gasteiger partial charge is 0.475 e. The molecule has 0 saturated carbocycles. The highest BCUT2D eigenvalue weighted by atomic mass is 19.1. The molecule has 0 radical (unpaired) electrons. The number of carboxylic acid groups (broad SMARTS) is 1. The van der Waals surface area contributed by atoms with E-state index in [1.807, 2.05) is 13.8 Å². The molecule has 0 aliphatic carbocycles. The third-order valence-corrected chi connectivity index (χ3v) is 2.66. The van der Waals surface area contributed by atoms with E-state index >= 15 is 0 Å². The van der Waals surface area contributed by atoms with Crippen LogP contribution in [0, 0.1) is 5.92 Å². The highest BCUT2D eigenvalue weighted by molar-refractivity contribution is 5.82. The van der Waals surface area contributed by atoms with Gasteiger partial charge in [0, 0.05) is 6.42 Å². The molecule has 6 heteroatoms. The van der Waals surface area contributed by atoms with Gasteiger partial charge in [0.2, 0.25) is 0 Å². The minimum atomic E-state index is -1.22. The first-order valence-electron chi connectivity index (χ1n) is 4.84. The summed E-state index contributed by atoms with van der Waals surface area (Å²) < 4.78 is 14.9. The van der Waals surface area contributed by atoms with Gasteiger partial charge in [-0.1, -0.05) is 13.8 Å². The predicted molar refractivity (Wildman–Crippen MR) is 49.3 cm³/mol. The number of hydrogen-bond donors (Lipinski definition) is 1. The van der Waals surface area contributed by atoms with Gasteiger partial charge in [0.05, 0.1) is 6.04 Å². The van der Waals surface area contributed by atoms with Crippen LogP contribution in [-0.4, -0.2) is 25.8 Å². The second-order valence-electron chi connectivity index (χ2n) is 4.06. The van der Waals surface area contributed by atoms with Crippen LogP contribution in [0.25, 0.3) is 0 Å². The quantitative estimate of drug-likeness (QED) is 0.809. The summed E-state index contributed by atoms with van der Waals surface area (Å²) >= 11 is 0. The van der Waals surface area contributed by atoms with Gasteiger partial charge in [-0.2, -0.15) is 0 Å². The van der Waals surface area contributed by atoms with E-state index in [4.69, 9.17) is 5.11 Å². The molecule has 0 fully saturated rings. The molecule has 0 bridgehead atoms. The molecule has 1 N–H and O–H groups in total. The zero-order valence-corrected chi connectivity index (χ0v) is 8.51. The number of carboxylic acids is 1. The van der Waals surface area contributed by atoms with Crippen LogP contribution in [0.5, 0.6) is 0 Å². The lowest BCUT2D eigenvalue weighted by molar-refractivity contribution is 0.0682. The van der Waals surface area contributed by atoms with Crippen molar-refractivity contribution in [1.29, 1.82) is 0 Å². The van der Waals surface area contributed by atoms with Crippen molar-refractivity contribution in [2.45, 2.75) is 32.5 Å². The van der Waals surface area contributed by atoms with Gasteiger partial charge in [0.1, 0.15) is 0 Å². The van der Waals surface area contributed by atoms with Crippen molar-refractivity contribution in [1.82, 2.24) is 14.8 Å². The number of carbonyl (C=O) groups is 1. The van der Waals surface area contributed by atoms with Crippen molar-refractivity contribution < 1.29 is 14.3 Å². The number of aromatic nitrogens is 3. The average Bonchev–Trinajstić information content (AvgIpc) is 2.66. The molecule has 2 atom stereocenters. The van der Waals surface area contributed by atoms with Crippen LogP contribution < -0.4 is 0 Å². The molecular formula is C9H12FN3O2. The Kier molecular flexibility index (Phi) is 2.21. The molecule has 1 aliphatic heterocycles. The number of rotatable bonds is 2. The van der Waals surface area contributed by atoms with E-state index in [1.54, 1.807) is 0 Å². The van der Waals surface area contributed by atoms with Crippen molar-refractivity contribution in [2.24, 2.45) is 5.92 Å². The molecule has 1 aromatic rings. The monoisotopic (exact) mass is 213 g/mol. The van der Waals surface area contributed by atoms with Crippen molar-refractivity contribution in [3.05, 3.63) is 11.6 Å². The van der Waals surface area contributed by atoms with E-state index in [1.165, 1.54) is 4.68 Å². The maximum Gasteiger partial charge on any atom is 0.375 e. The summed E-state index contributed by atoms with van der Waals surface area (Å²) in [6.07, 6.45) is -0.856. The van der Waals surface area contributed by atoms with Crippen molar-refractivity contribution in [3.8, 4) is 0 Å². The van der Waals surface area contributed by atoms with Gasteiger partial charge < -0.3 is 5.11 Å². The van der Waals surface area contributed by atoms with E-state index in [0.29, 0.717) is 6.42 Å². The van der Waals surface area contributed by atoms with Gasteiger partial charge >= 0.3 is 5.97 Å². The minimum absolute atomic E-state index is 0.0874. The first-order chi connectivity index (χ1) is 7.00. The van der Waals surface area contributed by atoms with Gasteiger partial charge in [0.25, 0.3) is 5.82 Å². The van der Waals surface area contributed by atoms with Crippen LogP contribution in [0.15, 0.2) is 0 Å². The maximum atomic E-state index is 13.5. The molecule has 5 nitrogen and oxygen atoms in total. The second kappa shape index (κ2) is 3.29. The molecule has 2 unspecified atom stereocenters. The SMILES string of the molecule is CC(C)C1CC(F)c2nc(C(=O)O)nn21. The third kappa shape index (κ3) is 1.49. The summed E-state index contributed by atoms with van der Waals surface area (Å²) in [5, 5.41) is 12.5. The summed E-state index contributed by atoms with van der Waals surface area (Å²) in [5.41, 5.74) is 0. The Morgan fingerprint density at radius 1 is 1.67 bits per heavy atom. The lowest BCUT2D eigenvalue weighted by Crippen LogP contribution is -2.13. The predicted octanol–water partition coefficient (Wildman–Crippen LogP) is 1.59. The number of fused-ring (bicyclic) bond motifs is 1. The van der Waals surface area contributed by atoms with Crippen molar-refractivity contribution in [2.75, 3.05) is 0 Å². The Labute approximate surface area is 85.9 Å².